The van der Waals surface area contributed by atoms with Crippen LogP contribution in [0.25, 0.3) is 0 Å². The number of nitrogens with zero attached hydrogens (tertiary/aromatic N) is 1. The number of hydrogen-bond acceptors (Lipinski definition) is 5. The zero-order valence-electron chi connectivity index (χ0n) is 11.0. The maximum atomic E-state index is 11.9. The molecule has 7 nitrogen and oxygen atoms in total. The Balaban J connectivity index is 1.83. The molecule has 1 saturated heterocycles. The fourth-order valence-corrected chi connectivity index (χ4v) is 2.99. The van der Waals surface area contributed by atoms with Crippen molar-refractivity contribution in [2.45, 2.75) is 24.9 Å². The maximum absolute atomic E-state index is 11.9. The van der Waals surface area contributed by atoms with Gasteiger partial charge >= 0.3 is 5.97 Å². The van der Waals surface area contributed by atoms with E-state index in [4.69, 9.17) is 5.11 Å². The van der Waals surface area contributed by atoms with Gasteiger partial charge in [-0.3, -0.25) is 4.79 Å². The average Bonchev–Trinajstić information content (AvgIpc) is 2.92. The quantitative estimate of drug-likeness (QED) is 0.570. The number of hydrogen-bond donors (Lipinski definition) is 4. The molecule has 0 saturated carbocycles. The first-order valence-electron chi connectivity index (χ1n) is 6.45. The van der Waals surface area contributed by atoms with Gasteiger partial charge in [0, 0.05) is 48.8 Å². The van der Waals surface area contributed by atoms with Crippen molar-refractivity contribution in [1.29, 1.82) is 0 Å². The van der Waals surface area contributed by atoms with Crippen LogP contribution in [0.5, 0.6) is 0 Å². The second-order valence-corrected chi connectivity index (χ2v) is 5.82. The minimum atomic E-state index is -1.04. The van der Waals surface area contributed by atoms with E-state index in [1.165, 1.54) is 6.33 Å². The van der Waals surface area contributed by atoms with E-state index >= 15 is 0 Å². The van der Waals surface area contributed by atoms with E-state index in [9.17, 15) is 9.59 Å². The Hall–Kier alpha value is -1.54. The number of carboxylic acids is 1. The van der Waals surface area contributed by atoms with Crippen molar-refractivity contribution in [3.63, 3.8) is 0 Å². The number of amides is 1. The zero-order valence-corrected chi connectivity index (χ0v) is 11.8. The topological polar surface area (TPSA) is 107 Å². The predicted octanol–water partition coefficient (Wildman–Crippen LogP) is -0.383. The van der Waals surface area contributed by atoms with Gasteiger partial charge in [0.05, 0.1) is 6.33 Å². The van der Waals surface area contributed by atoms with Gasteiger partial charge in [0.2, 0.25) is 5.91 Å². The Morgan fingerprint density at radius 3 is 3.05 bits per heavy atom. The number of H-pyrrole nitrogens is 1. The summed E-state index contributed by atoms with van der Waals surface area (Å²) in [5, 5.41) is 15.0. The van der Waals surface area contributed by atoms with Crippen LogP contribution in [0.1, 0.15) is 12.1 Å². The van der Waals surface area contributed by atoms with E-state index in [0.29, 0.717) is 12.1 Å². The Bertz CT molecular complexity index is 446. The Morgan fingerprint density at radius 2 is 2.45 bits per heavy atom. The molecule has 0 aromatic carbocycles. The number of carboxylic acid groups (broad SMARTS) is 1. The molecule has 2 rings (SSSR count). The number of aliphatic carboxylic acids is 1. The highest BCUT2D eigenvalue weighted by Gasteiger charge is 2.23. The van der Waals surface area contributed by atoms with Gasteiger partial charge in [-0.05, 0) is 0 Å². The summed E-state index contributed by atoms with van der Waals surface area (Å²) in [7, 11) is 0. The lowest BCUT2D eigenvalue weighted by atomic mass is 10.1. The van der Waals surface area contributed by atoms with Crippen molar-refractivity contribution in [3.05, 3.63) is 18.2 Å². The average molecular weight is 298 g/mol. The first-order chi connectivity index (χ1) is 9.65. The second-order valence-electron chi connectivity index (χ2n) is 4.67. The van der Waals surface area contributed by atoms with Gasteiger partial charge in [-0.15, -0.1) is 0 Å². The van der Waals surface area contributed by atoms with E-state index in [-0.39, 0.29) is 18.4 Å². The molecule has 1 fully saturated rings. The van der Waals surface area contributed by atoms with Gasteiger partial charge in [-0.1, -0.05) is 0 Å². The van der Waals surface area contributed by atoms with Crippen LogP contribution in [0.4, 0.5) is 0 Å². The molecule has 1 amide bonds. The van der Waals surface area contributed by atoms with Gasteiger partial charge in [-0.2, -0.15) is 11.8 Å². The van der Waals surface area contributed by atoms with Crippen LogP contribution in [-0.2, 0) is 16.0 Å². The molecule has 20 heavy (non-hydrogen) atoms. The molecule has 1 aromatic heterocycles. The first-order valence-corrected chi connectivity index (χ1v) is 7.61. The molecule has 2 unspecified atom stereocenters. The molecule has 1 aliphatic rings. The van der Waals surface area contributed by atoms with Crippen molar-refractivity contribution in [2.75, 3.05) is 18.1 Å². The standard InChI is InChI=1S/C12H18N4O3S/c17-11(4-9-6-20-2-1-14-9)16-10(12(18)19)3-8-5-13-7-15-8/h5,7,9-10,14H,1-4,6H2,(H,13,15)(H,16,17)(H,18,19). The molecular formula is C12H18N4O3S. The van der Waals surface area contributed by atoms with Crippen LogP contribution in [0, 0.1) is 0 Å². The highest BCUT2D eigenvalue weighted by Crippen LogP contribution is 2.10. The molecule has 0 bridgehead atoms. The van der Waals surface area contributed by atoms with Gasteiger partial charge in [0.15, 0.2) is 0 Å². The molecule has 4 N–H and O–H groups in total. The Labute approximate surface area is 120 Å². The molecule has 2 heterocycles. The van der Waals surface area contributed by atoms with Crippen molar-refractivity contribution >= 4 is 23.6 Å². The minimum absolute atomic E-state index is 0.121. The fourth-order valence-electron chi connectivity index (χ4n) is 2.04. The summed E-state index contributed by atoms with van der Waals surface area (Å²) in [6.07, 6.45) is 3.55. The van der Waals surface area contributed by atoms with E-state index in [0.717, 1.165) is 18.1 Å². The first kappa shape index (κ1) is 14.9. The molecule has 2 atom stereocenters. The number of rotatable bonds is 6. The fraction of sp³-hybridized carbons (Fsp3) is 0.583. The largest absolute Gasteiger partial charge is 0.480 e. The van der Waals surface area contributed by atoms with Gasteiger partial charge in [0.1, 0.15) is 6.04 Å². The third-order valence-corrected chi connectivity index (χ3v) is 4.17. The number of thioether (sulfide) groups is 1. The Kier molecular flexibility index (Phi) is 5.42. The summed E-state index contributed by atoms with van der Waals surface area (Å²) in [5.74, 6) is 0.650. The van der Waals surface area contributed by atoms with Crippen LogP contribution >= 0.6 is 11.8 Å². The lowest BCUT2D eigenvalue weighted by Crippen LogP contribution is -2.46. The summed E-state index contributed by atoms with van der Waals surface area (Å²) in [4.78, 5) is 29.8. The van der Waals surface area contributed by atoms with Crippen LogP contribution < -0.4 is 10.6 Å². The lowest BCUT2D eigenvalue weighted by Gasteiger charge is -2.23. The molecule has 110 valence electrons. The lowest BCUT2D eigenvalue weighted by molar-refractivity contribution is -0.141. The van der Waals surface area contributed by atoms with E-state index in [1.54, 1.807) is 18.0 Å². The molecule has 0 spiro atoms. The number of carbonyl (C=O) groups is 2. The molecule has 1 aromatic rings. The number of aromatic amines is 1. The van der Waals surface area contributed by atoms with Gasteiger partial charge < -0.3 is 20.7 Å². The smallest absolute Gasteiger partial charge is 0.326 e. The third-order valence-electron chi connectivity index (χ3n) is 3.04. The van der Waals surface area contributed by atoms with Gasteiger partial charge in [-0.25, -0.2) is 9.78 Å². The highest BCUT2D eigenvalue weighted by molar-refractivity contribution is 7.99. The van der Waals surface area contributed by atoms with Crippen molar-refractivity contribution in [1.82, 2.24) is 20.6 Å². The maximum Gasteiger partial charge on any atom is 0.326 e. The van der Waals surface area contributed by atoms with Crippen molar-refractivity contribution < 1.29 is 14.7 Å². The van der Waals surface area contributed by atoms with Crippen molar-refractivity contribution in [3.8, 4) is 0 Å². The summed E-state index contributed by atoms with van der Waals surface area (Å²) in [5.41, 5.74) is 0.684. The van der Waals surface area contributed by atoms with Crippen LogP contribution in [0.2, 0.25) is 0 Å². The summed E-state index contributed by atoms with van der Waals surface area (Å²) in [6, 6.07) is -0.811. The van der Waals surface area contributed by atoms with E-state index in [2.05, 4.69) is 20.6 Å². The monoisotopic (exact) mass is 298 g/mol. The minimum Gasteiger partial charge on any atom is -0.480 e. The number of nitrogens with one attached hydrogen (secondary N) is 3. The van der Waals surface area contributed by atoms with Crippen LogP contribution in [0.15, 0.2) is 12.5 Å². The Morgan fingerprint density at radius 1 is 1.60 bits per heavy atom. The van der Waals surface area contributed by atoms with Crippen molar-refractivity contribution in [2.24, 2.45) is 0 Å². The van der Waals surface area contributed by atoms with E-state index in [1.807, 2.05) is 0 Å². The number of imidazole rings is 1. The van der Waals surface area contributed by atoms with Crippen LogP contribution in [0.3, 0.4) is 0 Å². The summed E-state index contributed by atoms with van der Waals surface area (Å²) >= 11 is 1.80. The molecule has 1 aliphatic heterocycles. The normalized spacial score (nSPS) is 20.3. The predicted molar refractivity (Wildman–Crippen MR) is 75.6 cm³/mol. The molecule has 0 aliphatic carbocycles. The molecular weight excluding hydrogens is 280 g/mol. The second kappa shape index (κ2) is 7.30. The summed E-state index contributed by atoms with van der Waals surface area (Å²) < 4.78 is 0. The highest BCUT2D eigenvalue weighted by atomic mass is 32.2. The zero-order chi connectivity index (χ0) is 14.4. The third kappa shape index (κ3) is 4.53. The molecule has 0 radical (unpaired) electrons. The van der Waals surface area contributed by atoms with Crippen LogP contribution in [-0.4, -0.2) is 57.1 Å². The molecule has 8 heteroatoms. The summed E-state index contributed by atoms with van der Waals surface area (Å²) in [6.45, 7) is 0.888. The van der Waals surface area contributed by atoms with E-state index < -0.39 is 12.0 Å². The SMILES string of the molecule is O=C(CC1CSCCN1)NC(Cc1cnc[nH]1)C(=O)O. The number of carbonyl (C=O) groups excluding carboxylic acids is 1. The van der Waals surface area contributed by atoms with Gasteiger partial charge in [0.25, 0.3) is 0 Å². The number of aromatic nitrogens is 2.